The molecule has 2 aromatic rings. The number of rotatable bonds is 4. The molecule has 0 radical (unpaired) electrons. The summed E-state index contributed by atoms with van der Waals surface area (Å²) in [5.74, 6) is 0.0869. The van der Waals surface area contributed by atoms with Gasteiger partial charge in [0.15, 0.2) is 5.78 Å². The predicted octanol–water partition coefficient (Wildman–Crippen LogP) is 3.06. The van der Waals surface area contributed by atoms with Gasteiger partial charge in [0.2, 0.25) is 0 Å². The molecule has 22 heavy (non-hydrogen) atoms. The van der Waals surface area contributed by atoms with Crippen LogP contribution in [0.15, 0.2) is 48.5 Å². The number of benzene rings is 2. The summed E-state index contributed by atoms with van der Waals surface area (Å²) in [4.78, 5) is 14.9. The maximum absolute atomic E-state index is 12.6. The number of aryl methyl sites for hydroxylation is 1. The van der Waals surface area contributed by atoms with Gasteiger partial charge in [-0.1, -0.05) is 48.0 Å². The molecular weight excluding hydrogens is 274 g/mol. The first-order valence-corrected chi connectivity index (χ1v) is 7.73. The van der Waals surface area contributed by atoms with Crippen LogP contribution in [0, 0.1) is 6.92 Å². The molecular formula is C19H21NO2. The van der Waals surface area contributed by atoms with Gasteiger partial charge in [0.1, 0.15) is 0 Å². The second-order valence-corrected chi connectivity index (χ2v) is 5.78. The predicted molar refractivity (Wildman–Crippen MR) is 87.1 cm³/mol. The van der Waals surface area contributed by atoms with Crippen LogP contribution in [-0.2, 0) is 11.3 Å². The third kappa shape index (κ3) is 3.62. The lowest BCUT2D eigenvalue weighted by Gasteiger charge is -2.26. The van der Waals surface area contributed by atoms with Crippen LogP contribution in [0.1, 0.15) is 27.0 Å². The molecule has 0 N–H and O–H groups in total. The fourth-order valence-electron chi connectivity index (χ4n) is 2.70. The van der Waals surface area contributed by atoms with Gasteiger partial charge in [0.25, 0.3) is 0 Å². The van der Waals surface area contributed by atoms with Crippen LogP contribution in [0.4, 0.5) is 0 Å². The molecule has 3 heteroatoms. The van der Waals surface area contributed by atoms with Crippen LogP contribution in [0.25, 0.3) is 0 Å². The van der Waals surface area contributed by atoms with Gasteiger partial charge in [-0.05, 0) is 18.6 Å². The molecule has 0 spiro atoms. The first kappa shape index (κ1) is 14.9. The molecule has 2 aromatic carbocycles. The van der Waals surface area contributed by atoms with Crippen molar-refractivity contribution >= 4 is 5.78 Å². The minimum Gasteiger partial charge on any atom is -0.379 e. The lowest BCUT2D eigenvalue weighted by molar-refractivity contribution is 0.0342. The Morgan fingerprint density at radius 3 is 2.50 bits per heavy atom. The summed E-state index contributed by atoms with van der Waals surface area (Å²) in [7, 11) is 0. The fraction of sp³-hybridized carbons (Fsp3) is 0.316. The highest BCUT2D eigenvalue weighted by molar-refractivity contribution is 6.09. The van der Waals surface area contributed by atoms with E-state index in [-0.39, 0.29) is 5.78 Å². The number of ether oxygens (including phenoxy) is 1. The Hall–Kier alpha value is -1.97. The Kier molecular flexibility index (Phi) is 4.66. The summed E-state index contributed by atoms with van der Waals surface area (Å²) in [6.07, 6.45) is 0. The highest BCUT2D eigenvalue weighted by Gasteiger charge is 2.13. The van der Waals surface area contributed by atoms with Crippen LogP contribution < -0.4 is 0 Å². The van der Waals surface area contributed by atoms with Gasteiger partial charge in [-0.15, -0.1) is 0 Å². The van der Waals surface area contributed by atoms with Crippen molar-refractivity contribution in [1.29, 1.82) is 0 Å². The molecule has 0 aliphatic carbocycles. The van der Waals surface area contributed by atoms with Crippen molar-refractivity contribution in [1.82, 2.24) is 4.90 Å². The molecule has 1 saturated heterocycles. The maximum Gasteiger partial charge on any atom is 0.193 e. The van der Waals surface area contributed by atoms with E-state index in [1.807, 2.05) is 49.4 Å². The minimum atomic E-state index is 0.0869. The molecule has 1 fully saturated rings. The molecule has 1 heterocycles. The Morgan fingerprint density at radius 1 is 1.05 bits per heavy atom. The van der Waals surface area contributed by atoms with Gasteiger partial charge in [-0.25, -0.2) is 0 Å². The van der Waals surface area contributed by atoms with Gasteiger partial charge in [-0.3, -0.25) is 9.69 Å². The average Bonchev–Trinajstić information content (AvgIpc) is 2.56. The van der Waals surface area contributed by atoms with Gasteiger partial charge < -0.3 is 4.74 Å². The molecule has 0 aromatic heterocycles. The molecule has 0 atom stereocenters. The zero-order chi connectivity index (χ0) is 15.4. The summed E-state index contributed by atoms with van der Waals surface area (Å²) in [6.45, 7) is 6.39. The van der Waals surface area contributed by atoms with Crippen LogP contribution in [-0.4, -0.2) is 37.0 Å². The number of morpholine rings is 1. The van der Waals surface area contributed by atoms with Crippen molar-refractivity contribution < 1.29 is 9.53 Å². The Morgan fingerprint density at radius 2 is 1.77 bits per heavy atom. The van der Waals surface area contributed by atoms with Crippen LogP contribution in [0.2, 0.25) is 0 Å². The van der Waals surface area contributed by atoms with Crippen molar-refractivity contribution in [2.45, 2.75) is 13.5 Å². The van der Waals surface area contributed by atoms with Crippen molar-refractivity contribution in [3.8, 4) is 0 Å². The zero-order valence-electron chi connectivity index (χ0n) is 12.9. The minimum absolute atomic E-state index is 0.0869. The SMILES string of the molecule is Cc1ccc(C(=O)c2cccc(CN3CCOCC3)c2)cc1. The van der Waals surface area contributed by atoms with Crippen molar-refractivity contribution in [2.75, 3.05) is 26.3 Å². The standard InChI is InChI=1S/C19H21NO2/c1-15-5-7-17(8-6-15)19(21)18-4-2-3-16(13-18)14-20-9-11-22-12-10-20/h2-8,13H,9-12,14H2,1H3. The summed E-state index contributed by atoms with van der Waals surface area (Å²) >= 11 is 0. The van der Waals surface area contributed by atoms with Gasteiger partial charge >= 0.3 is 0 Å². The Bertz CT molecular complexity index is 643. The van der Waals surface area contributed by atoms with Gasteiger partial charge in [0, 0.05) is 30.8 Å². The number of carbonyl (C=O) groups excluding carboxylic acids is 1. The molecule has 0 amide bonds. The normalized spacial score (nSPS) is 15.7. The zero-order valence-corrected chi connectivity index (χ0v) is 12.9. The number of nitrogens with zero attached hydrogens (tertiary/aromatic N) is 1. The molecule has 3 nitrogen and oxygen atoms in total. The van der Waals surface area contributed by atoms with E-state index in [1.165, 1.54) is 5.56 Å². The van der Waals surface area contributed by atoms with Crippen molar-refractivity contribution in [3.63, 3.8) is 0 Å². The summed E-state index contributed by atoms with van der Waals surface area (Å²) in [6, 6.07) is 15.7. The van der Waals surface area contributed by atoms with E-state index in [2.05, 4.69) is 11.0 Å². The largest absolute Gasteiger partial charge is 0.379 e. The lowest BCUT2D eigenvalue weighted by Crippen LogP contribution is -2.35. The second kappa shape index (κ2) is 6.86. The summed E-state index contributed by atoms with van der Waals surface area (Å²) in [5.41, 5.74) is 3.85. The smallest absolute Gasteiger partial charge is 0.193 e. The lowest BCUT2D eigenvalue weighted by atomic mass is 10.0. The van der Waals surface area contributed by atoms with Gasteiger partial charge in [0.05, 0.1) is 13.2 Å². The van der Waals surface area contributed by atoms with Crippen LogP contribution >= 0.6 is 0 Å². The van der Waals surface area contributed by atoms with E-state index in [0.717, 1.165) is 49.5 Å². The molecule has 0 bridgehead atoms. The second-order valence-electron chi connectivity index (χ2n) is 5.78. The number of carbonyl (C=O) groups is 1. The number of hydrogen-bond acceptors (Lipinski definition) is 3. The molecule has 0 saturated carbocycles. The van der Waals surface area contributed by atoms with Crippen LogP contribution in [0.5, 0.6) is 0 Å². The van der Waals surface area contributed by atoms with E-state index in [4.69, 9.17) is 4.74 Å². The third-order valence-electron chi connectivity index (χ3n) is 4.01. The topological polar surface area (TPSA) is 29.5 Å². The van der Waals surface area contributed by atoms with Gasteiger partial charge in [-0.2, -0.15) is 0 Å². The molecule has 3 rings (SSSR count). The van der Waals surface area contributed by atoms with Crippen LogP contribution in [0.3, 0.4) is 0 Å². The van der Waals surface area contributed by atoms with E-state index in [9.17, 15) is 4.79 Å². The molecule has 0 unspecified atom stereocenters. The van der Waals surface area contributed by atoms with E-state index >= 15 is 0 Å². The third-order valence-corrected chi connectivity index (χ3v) is 4.01. The number of ketones is 1. The molecule has 114 valence electrons. The van der Waals surface area contributed by atoms with Crippen molar-refractivity contribution in [2.24, 2.45) is 0 Å². The fourth-order valence-corrected chi connectivity index (χ4v) is 2.70. The van der Waals surface area contributed by atoms with E-state index < -0.39 is 0 Å². The van der Waals surface area contributed by atoms with E-state index in [0.29, 0.717) is 0 Å². The quantitative estimate of drug-likeness (QED) is 0.812. The molecule has 1 aliphatic heterocycles. The summed E-state index contributed by atoms with van der Waals surface area (Å²) in [5, 5.41) is 0. The first-order valence-electron chi connectivity index (χ1n) is 7.73. The number of hydrogen-bond donors (Lipinski definition) is 0. The highest BCUT2D eigenvalue weighted by atomic mass is 16.5. The molecule has 1 aliphatic rings. The Balaban J connectivity index is 1.75. The van der Waals surface area contributed by atoms with Crippen molar-refractivity contribution in [3.05, 3.63) is 70.8 Å². The van der Waals surface area contributed by atoms with E-state index in [1.54, 1.807) is 0 Å². The average molecular weight is 295 g/mol. The first-order chi connectivity index (χ1) is 10.7. The maximum atomic E-state index is 12.6. The Labute approximate surface area is 131 Å². The highest BCUT2D eigenvalue weighted by Crippen LogP contribution is 2.14. The summed E-state index contributed by atoms with van der Waals surface area (Å²) < 4.78 is 5.37. The monoisotopic (exact) mass is 295 g/mol.